The molecule has 5 nitrogen and oxygen atoms in total. The molecule has 0 bridgehead atoms. The molecule has 0 aromatic heterocycles. The summed E-state index contributed by atoms with van der Waals surface area (Å²) in [5, 5.41) is 8.95. The van der Waals surface area contributed by atoms with Gasteiger partial charge in [-0.1, -0.05) is 22.9 Å². The van der Waals surface area contributed by atoms with E-state index in [2.05, 4.69) is 15.9 Å². The first-order valence-electron chi connectivity index (χ1n) is 6.62. The van der Waals surface area contributed by atoms with E-state index in [0.717, 1.165) is 34.5 Å². The van der Waals surface area contributed by atoms with E-state index < -0.39 is 5.97 Å². The maximum Gasteiger partial charge on any atom is 0.317 e. The van der Waals surface area contributed by atoms with Crippen molar-refractivity contribution in [3.8, 4) is 11.5 Å². The van der Waals surface area contributed by atoms with Crippen molar-refractivity contribution in [1.82, 2.24) is 4.90 Å². The van der Waals surface area contributed by atoms with Crippen LogP contribution in [0.1, 0.15) is 18.9 Å². The predicted molar refractivity (Wildman–Crippen MR) is 78.3 cm³/mol. The van der Waals surface area contributed by atoms with Gasteiger partial charge < -0.3 is 14.6 Å². The Morgan fingerprint density at radius 2 is 2.00 bits per heavy atom. The molecule has 0 saturated carbocycles. The quantitative estimate of drug-likeness (QED) is 0.859. The molecule has 110 valence electrons. The molecule has 1 aromatic carbocycles. The second kappa shape index (κ2) is 6.95. The van der Waals surface area contributed by atoms with Crippen LogP contribution >= 0.6 is 15.9 Å². The highest BCUT2D eigenvalue weighted by Gasteiger charge is 2.17. The molecule has 1 aromatic rings. The third kappa shape index (κ3) is 3.86. The highest BCUT2D eigenvalue weighted by Crippen LogP contribution is 2.35. The maximum atomic E-state index is 10.9. The topological polar surface area (TPSA) is 59.0 Å². The molecule has 1 heterocycles. The Morgan fingerprint density at radius 1 is 1.35 bits per heavy atom. The van der Waals surface area contributed by atoms with Gasteiger partial charge in [0.15, 0.2) is 11.5 Å². The average molecular weight is 344 g/mol. The van der Waals surface area contributed by atoms with E-state index in [1.807, 2.05) is 24.0 Å². The van der Waals surface area contributed by atoms with Gasteiger partial charge in [-0.3, -0.25) is 9.69 Å². The van der Waals surface area contributed by atoms with E-state index in [1.165, 1.54) is 0 Å². The van der Waals surface area contributed by atoms with Gasteiger partial charge in [-0.05, 0) is 30.7 Å². The van der Waals surface area contributed by atoms with Gasteiger partial charge in [0.1, 0.15) is 13.2 Å². The van der Waals surface area contributed by atoms with Gasteiger partial charge >= 0.3 is 5.97 Å². The van der Waals surface area contributed by atoms with Gasteiger partial charge in [0.25, 0.3) is 0 Å². The lowest BCUT2D eigenvalue weighted by atomic mass is 10.1. The van der Waals surface area contributed by atoms with Crippen LogP contribution in [0.4, 0.5) is 0 Å². The molecule has 0 atom stereocenters. The van der Waals surface area contributed by atoms with Crippen LogP contribution in [0.3, 0.4) is 0 Å². The minimum atomic E-state index is -0.813. The van der Waals surface area contributed by atoms with Gasteiger partial charge in [-0.2, -0.15) is 0 Å². The first kappa shape index (κ1) is 15.1. The number of carboxylic acids is 1. The lowest BCUT2D eigenvalue weighted by molar-refractivity contribution is -0.138. The molecule has 1 aliphatic heterocycles. The maximum absolute atomic E-state index is 10.9. The van der Waals surface area contributed by atoms with Crippen molar-refractivity contribution in [1.29, 1.82) is 0 Å². The minimum absolute atomic E-state index is 0.0364. The Morgan fingerprint density at radius 3 is 2.60 bits per heavy atom. The fourth-order valence-electron chi connectivity index (χ4n) is 2.19. The molecule has 0 aliphatic carbocycles. The van der Waals surface area contributed by atoms with E-state index in [0.29, 0.717) is 19.8 Å². The van der Waals surface area contributed by atoms with Crippen molar-refractivity contribution in [2.75, 3.05) is 26.3 Å². The van der Waals surface area contributed by atoms with E-state index >= 15 is 0 Å². The zero-order valence-electron chi connectivity index (χ0n) is 11.4. The highest BCUT2D eigenvalue weighted by molar-refractivity contribution is 9.10. The van der Waals surface area contributed by atoms with E-state index in [-0.39, 0.29) is 6.54 Å². The molecule has 1 N–H and O–H groups in total. The number of hydrogen-bond donors (Lipinski definition) is 1. The summed E-state index contributed by atoms with van der Waals surface area (Å²) in [6, 6.07) is 3.80. The van der Waals surface area contributed by atoms with Crippen molar-refractivity contribution >= 4 is 21.9 Å². The second-order valence-corrected chi connectivity index (χ2v) is 5.55. The molecular weight excluding hydrogens is 326 g/mol. The standard InChI is InChI=1S/C14H18BrNO4/c1-2-3-16(9-14(17)18)8-10-6-12-13(7-11(10)15)20-5-4-19-12/h6-7H,2-5,8-9H2,1H3,(H,17,18). The number of fused-ring (bicyclic) bond motifs is 1. The Kier molecular flexibility index (Phi) is 5.25. The summed E-state index contributed by atoms with van der Waals surface area (Å²) in [4.78, 5) is 12.8. The van der Waals surface area contributed by atoms with Crippen LogP contribution in [0.2, 0.25) is 0 Å². The molecule has 0 saturated heterocycles. The molecular formula is C14H18BrNO4. The molecule has 20 heavy (non-hydrogen) atoms. The van der Waals surface area contributed by atoms with Gasteiger partial charge in [0.2, 0.25) is 0 Å². The van der Waals surface area contributed by atoms with Crippen molar-refractivity contribution in [2.45, 2.75) is 19.9 Å². The fraction of sp³-hybridized carbons (Fsp3) is 0.500. The van der Waals surface area contributed by atoms with Crippen molar-refractivity contribution < 1.29 is 19.4 Å². The average Bonchev–Trinajstić information content (AvgIpc) is 2.39. The third-order valence-electron chi connectivity index (χ3n) is 3.00. The summed E-state index contributed by atoms with van der Waals surface area (Å²) in [5.41, 5.74) is 1.00. The summed E-state index contributed by atoms with van der Waals surface area (Å²) < 4.78 is 12.0. The van der Waals surface area contributed by atoms with Crippen LogP contribution in [0.15, 0.2) is 16.6 Å². The molecule has 0 unspecified atom stereocenters. The zero-order valence-corrected chi connectivity index (χ0v) is 13.0. The number of halogens is 1. The number of hydrogen-bond acceptors (Lipinski definition) is 4. The number of ether oxygens (including phenoxy) is 2. The molecule has 0 radical (unpaired) electrons. The van der Waals surface area contributed by atoms with E-state index in [9.17, 15) is 4.79 Å². The fourth-order valence-corrected chi connectivity index (χ4v) is 2.64. The summed E-state index contributed by atoms with van der Waals surface area (Å²) in [7, 11) is 0. The van der Waals surface area contributed by atoms with E-state index in [4.69, 9.17) is 14.6 Å². The predicted octanol–water partition coefficient (Wildman–Crippen LogP) is 2.52. The molecule has 2 rings (SSSR count). The van der Waals surface area contributed by atoms with Crippen LogP contribution in [-0.4, -0.2) is 42.3 Å². The largest absolute Gasteiger partial charge is 0.486 e. The Labute approximate surface area is 126 Å². The number of aliphatic carboxylic acids is 1. The first-order valence-corrected chi connectivity index (χ1v) is 7.41. The van der Waals surface area contributed by atoms with Crippen LogP contribution in [-0.2, 0) is 11.3 Å². The summed E-state index contributed by atoms with van der Waals surface area (Å²) >= 11 is 3.51. The van der Waals surface area contributed by atoms with Crippen LogP contribution in [0, 0.1) is 0 Å². The number of carboxylic acid groups (broad SMARTS) is 1. The smallest absolute Gasteiger partial charge is 0.317 e. The highest BCUT2D eigenvalue weighted by atomic mass is 79.9. The van der Waals surface area contributed by atoms with Crippen LogP contribution in [0.5, 0.6) is 11.5 Å². The molecule has 0 fully saturated rings. The molecule has 0 amide bonds. The van der Waals surface area contributed by atoms with Gasteiger partial charge in [-0.25, -0.2) is 0 Å². The lowest BCUT2D eigenvalue weighted by Crippen LogP contribution is -2.30. The van der Waals surface area contributed by atoms with Crippen LogP contribution in [0.25, 0.3) is 0 Å². The van der Waals surface area contributed by atoms with Gasteiger partial charge in [-0.15, -0.1) is 0 Å². The van der Waals surface area contributed by atoms with Crippen molar-refractivity contribution in [3.05, 3.63) is 22.2 Å². The van der Waals surface area contributed by atoms with Crippen LogP contribution < -0.4 is 9.47 Å². The Bertz CT molecular complexity index is 492. The van der Waals surface area contributed by atoms with Gasteiger partial charge in [0.05, 0.1) is 6.54 Å². The lowest BCUT2D eigenvalue weighted by Gasteiger charge is -2.23. The number of benzene rings is 1. The van der Waals surface area contributed by atoms with E-state index in [1.54, 1.807) is 0 Å². The second-order valence-electron chi connectivity index (χ2n) is 4.69. The first-order chi connectivity index (χ1) is 9.60. The number of rotatable bonds is 6. The van der Waals surface area contributed by atoms with Gasteiger partial charge in [0, 0.05) is 11.0 Å². The van der Waals surface area contributed by atoms with Crippen molar-refractivity contribution in [3.63, 3.8) is 0 Å². The monoisotopic (exact) mass is 343 g/mol. The summed E-state index contributed by atoms with van der Waals surface area (Å²) in [5.74, 6) is 0.639. The Balaban J connectivity index is 2.16. The number of carbonyl (C=O) groups is 1. The normalized spacial score (nSPS) is 13.6. The zero-order chi connectivity index (χ0) is 14.5. The number of nitrogens with zero attached hydrogens (tertiary/aromatic N) is 1. The molecule has 6 heteroatoms. The summed E-state index contributed by atoms with van der Waals surface area (Å²) in [6.45, 7) is 4.48. The molecule has 0 spiro atoms. The SMILES string of the molecule is CCCN(CC(=O)O)Cc1cc2c(cc1Br)OCCO2. The van der Waals surface area contributed by atoms with Crippen molar-refractivity contribution in [2.24, 2.45) is 0 Å². The summed E-state index contributed by atoms with van der Waals surface area (Å²) in [6.07, 6.45) is 0.912. The third-order valence-corrected chi connectivity index (χ3v) is 3.74. The molecule has 1 aliphatic rings. The minimum Gasteiger partial charge on any atom is -0.486 e. The Hall–Kier alpha value is -1.27.